The maximum absolute atomic E-state index is 8.62. The molecule has 1 fully saturated rings. The fourth-order valence-electron chi connectivity index (χ4n) is 1.99. The van der Waals surface area contributed by atoms with E-state index in [1.807, 2.05) is 6.07 Å². The molecule has 0 aliphatic carbocycles. The van der Waals surface area contributed by atoms with Gasteiger partial charge >= 0.3 is 0 Å². The Balaban J connectivity index is 1.90. The van der Waals surface area contributed by atoms with Gasteiger partial charge in [-0.25, -0.2) is 9.97 Å². The summed E-state index contributed by atoms with van der Waals surface area (Å²) in [4.78, 5) is 8.14. The molecule has 5 nitrogen and oxygen atoms in total. The summed E-state index contributed by atoms with van der Waals surface area (Å²) in [6, 6.07) is 1.96. The molecule has 0 bridgehead atoms. The third-order valence-corrected chi connectivity index (χ3v) is 3.27. The zero-order valence-electron chi connectivity index (χ0n) is 10.0. The van der Waals surface area contributed by atoms with E-state index in [4.69, 9.17) is 5.26 Å². The monoisotopic (exact) mass is 231 g/mol. The molecule has 1 aliphatic heterocycles. The molecule has 1 aliphatic rings. The topological polar surface area (TPSA) is 73.6 Å². The zero-order valence-corrected chi connectivity index (χ0v) is 10.0. The van der Waals surface area contributed by atoms with Crippen molar-refractivity contribution in [1.82, 2.24) is 15.3 Å². The summed E-state index contributed by atoms with van der Waals surface area (Å²) in [6.07, 6.45) is 5.45. The van der Waals surface area contributed by atoms with E-state index in [-0.39, 0.29) is 0 Å². The van der Waals surface area contributed by atoms with Crippen molar-refractivity contribution in [3.63, 3.8) is 0 Å². The van der Waals surface area contributed by atoms with Crippen molar-refractivity contribution < 1.29 is 0 Å². The minimum absolute atomic E-state index is 0.320. The van der Waals surface area contributed by atoms with Crippen LogP contribution in [0.4, 0.5) is 5.82 Å². The second-order valence-electron chi connectivity index (χ2n) is 4.81. The molecule has 1 saturated heterocycles. The maximum Gasteiger partial charge on any atom is 0.158 e. The van der Waals surface area contributed by atoms with Gasteiger partial charge in [-0.1, -0.05) is 6.92 Å². The molecule has 0 aromatic carbocycles. The van der Waals surface area contributed by atoms with Gasteiger partial charge in [-0.3, -0.25) is 0 Å². The van der Waals surface area contributed by atoms with Crippen molar-refractivity contribution >= 4 is 5.82 Å². The number of nitrogens with zero attached hydrogens (tertiary/aromatic N) is 3. The van der Waals surface area contributed by atoms with Crippen LogP contribution in [0.25, 0.3) is 0 Å². The molecule has 1 aromatic heterocycles. The van der Waals surface area contributed by atoms with E-state index < -0.39 is 0 Å². The minimum atomic E-state index is 0.320. The van der Waals surface area contributed by atoms with E-state index in [0.29, 0.717) is 11.1 Å². The summed E-state index contributed by atoms with van der Waals surface area (Å²) in [6.45, 7) is 5.35. The first-order chi connectivity index (χ1) is 8.22. The SMILES string of the molecule is CC1(CNc2cnc(C#N)cn2)CCNCC1. The van der Waals surface area contributed by atoms with E-state index in [9.17, 15) is 0 Å². The fourth-order valence-corrected chi connectivity index (χ4v) is 1.99. The number of nitriles is 1. The average molecular weight is 231 g/mol. The number of rotatable bonds is 3. The summed E-state index contributed by atoms with van der Waals surface area (Å²) < 4.78 is 0. The quantitative estimate of drug-likeness (QED) is 0.816. The van der Waals surface area contributed by atoms with Crippen LogP contribution >= 0.6 is 0 Å². The van der Waals surface area contributed by atoms with Crippen molar-refractivity contribution in [3.8, 4) is 6.07 Å². The van der Waals surface area contributed by atoms with Gasteiger partial charge in [-0.05, 0) is 31.3 Å². The standard InChI is InChI=1S/C12H17N5/c1-12(2-4-14-5-3-12)9-17-11-8-15-10(6-13)7-16-11/h7-8,14H,2-5,9H2,1H3,(H,16,17). The van der Waals surface area contributed by atoms with Crippen LogP contribution < -0.4 is 10.6 Å². The van der Waals surface area contributed by atoms with Gasteiger partial charge in [0, 0.05) is 6.54 Å². The predicted molar refractivity (Wildman–Crippen MR) is 65.4 cm³/mol. The molecule has 2 N–H and O–H groups in total. The van der Waals surface area contributed by atoms with Crippen LogP contribution in [0.1, 0.15) is 25.5 Å². The molecule has 1 aromatic rings. The summed E-state index contributed by atoms with van der Waals surface area (Å²) in [5, 5.41) is 15.3. The highest BCUT2D eigenvalue weighted by molar-refractivity contribution is 5.33. The summed E-state index contributed by atoms with van der Waals surface area (Å²) >= 11 is 0. The van der Waals surface area contributed by atoms with Crippen molar-refractivity contribution in [3.05, 3.63) is 18.1 Å². The zero-order chi connectivity index (χ0) is 12.1. The summed E-state index contributed by atoms with van der Waals surface area (Å²) in [7, 11) is 0. The van der Waals surface area contributed by atoms with E-state index in [0.717, 1.165) is 25.5 Å². The van der Waals surface area contributed by atoms with Crippen molar-refractivity contribution in [2.75, 3.05) is 25.0 Å². The Hall–Kier alpha value is -1.67. The number of anilines is 1. The largest absolute Gasteiger partial charge is 0.368 e. The molecule has 0 spiro atoms. The lowest BCUT2D eigenvalue weighted by Gasteiger charge is -2.34. The van der Waals surface area contributed by atoms with E-state index in [1.54, 1.807) is 6.20 Å². The molecule has 0 unspecified atom stereocenters. The third kappa shape index (κ3) is 3.14. The fraction of sp³-hybridized carbons (Fsp3) is 0.583. The lowest BCUT2D eigenvalue weighted by Crippen LogP contribution is -2.39. The van der Waals surface area contributed by atoms with Crippen LogP contribution in [0.3, 0.4) is 0 Å². The van der Waals surface area contributed by atoms with Crippen LogP contribution in [0.15, 0.2) is 12.4 Å². The molecular weight excluding hydrogens is 214 g/mol. The Morgan fingerprint density at radius 1 is 1.41 bits per heavy atom. The Morgan fingerprint density at radius 3 is 2.76 bits per heavy atom. The van der Waals surface area contributed by atoms with Gasteiger partial charge < -0.3 is 10.6 Å². The Morgan fingerprint density at radius 2 is 2.18 bits per heavy atom. The first-order valence-electron chi connectivity index (χ1n) is 5.89. The van der Waals surface area contributed by atoms with E-state index in [2.05, 4.69) is 27.5 Å². The minimum Gasteiger partial charge on any atom is -0.368 e. The van der Waals surface area contributed by atoms with Gasteiger partial charge in [0.25, 0.3) is 0 Å². The second-order valence-corrected chi connectivity index (χ2v) is 4.81. The highest BCUT2D eigenvalue weighted by Gasteiger charge is 2.26. The predicted octanol–water partition coefficient (Wildman–Crippen LogP) is 1.15. The summed E-state index contributed by atoms with van der Waals surface area (Å²) in [5.74, 6) is 0.740. The van der Waals surface area contributed by atoms with Crippen molar-refractivity contribution in [2.24, 2.45) is 5.41 Å². The smallest absolute Gasteiger partial charge is 0.158 e. The van der Waals surface area contributed by atoms with Gasteiger partial charge in [0.1, 0.15) is 11.9 Å². The number of nitrogens with one attached hydrogen (secondary N) is 2. The molecule has 0 atom stereocenters. The molecule has 2 heterocycles. The number of hydrogen-bond acceptors (Lipinski definition) is 5. The molecule has 90 valence electrons. The number of hydrogen-bond donors (Lipinski definition) is 2. The van der Waals surface area contributed by atoms with Gasteiger partial charge in [0.15, 0.2) is 5.69 Å². The third-order valence-electron chi connectivity index (χ3n) is 3.27. The van der Waals surface area contributed by atoms with E-state index in [1.165, 1.54) is 19.0 Å². The van der Waals surface area contributed by atoms with Gasteiger partial charge in [-0.2, -0.15) is 5.26 Å². The Labute approximate surface area is 101 Å². The van der Waals surface area contributed by atoms with Crippen molar-refractivity contribution in [1.29, 1.82) is 5.26 Å². The average Bonchev–Trinajstić information content (AvgIpc) is 2.38. The van der Waals surface area contributed by atoms with Crippen LogP contribution in [0.2, 0.25) is 0 Å². The molecule has 2 rings (SSSR count). The number of aromatic nitrogens is 2. The highest BCUT2D eigenvalue weighted by atomic mass is 15.0. The van der Waals surface area contributed by atoms with Gasteiger partial charge in [0.05, 0.1) is 12.4 Å². The Bertz CT molecular complexity index is 400. The van der Waals surface area contributed by atoms with Crippen LogP contribution in [-0.2, 0) is 0 Å². The van der Waals surface area contributed by atoms with Gasteiger partial charge in [0.2, 0.25) is 0 Å². The summed E-state index contributed by atoms with van der Waals surface area (Å²) in [5.41, 5.74) is 0.671. The second kappa shape index (κ2) is 5.11. The Kier molecular flexibility index (Phi) is 3.55. The van der Waals surface area contributed by atoms with Crippen LogP contribution in [-0.4, -0.2) is 29.6 Å². The van der Waals surface area contributed by atoms with Crippen LogP contribution in [0.5, 0.6) is 0 Å². The van der Waals surface area contributed by atoms with Crippen molar-refractivity contribution in [2.45, 2.75) is 19.8 Å². The number of piperidine rings is 1. The molecule has 0 amide bonds. The highest BCUT2D eigenvalue weighted by Crippen LogP contribution is 2.27. The lowest BCUT2D eigenvalue weighted by molar-refractivity contribution is 0.247. The van der Waals surface area contributed by atoms with E-state index >= 15 is 0 Å². The maximum atomic E-state index is 8.62. The lowest BCUT2D eigenvalue weighted by atomic mass is 9.81. The molecular formula is C12H17N5. The molecule has 5 heteroatoms. The molecule has 0 saturated carbocycles. The first-order valence-corrected chi connectivity index (χ1v) is 5.89. The normalized spacial score (nSPS) is 18.4. The molecule has 17 heavy (non-hydrogen) atoms. The first kappa shape index (κ1) is 11.8. The van der Waals surface area contributed by atoms with Gasteiger partial charge in [-0.15, -0.1) is 0 Å². The molecule has 0 radical (unpaired) electrons. The van der Waals surface area contributed by atoms with Crippen LogP contribution in [0, 0.1) is 16.7 Å².